The van der Waals surface area contributed by atoms with Gasteiger partial charge >= 0.3 is 0 Å². The topological polar surface area (TPSA) is 31.4 Å². The van der Waals surface area contributed by atoms with Gasteiger partial charge in [-0.15, -0.1) is 0 Å². The highest BCUT2D eigenvalue weighted by atomic mass is 16.7. The largest absolute Gasteiger partial charge is 0.345 e. The molecule has 1 aliphatic rings. The monoisotopic (exact) mass is 351 g/mol. The van der Waals surface area contributed by atoms with Crippen LogP contribution in [0.1, 0.15) is 57.1 Å². The summed E-state index contributed by atoms with van der Waals surface area (Å²) in [6, 6.07) is 12.4. The minimum absolute atomic E-state index is 0.199. The molecule has 1 saturated heterocycles. The molecule has 1 fully saturated rings. The summed E-state index contributed by atoms with van der Waals surface area (Å²) in [5.41, 5.74) is 3.37. The summed E-state index contributed by atoms with van der Waals surface area (Å²) in [6.45, 7) is 8.87. The first-order chi connectivity index (χ1) is 12.6. The molecule has 0 aliphatic carbocycles. The lowest BCUT2D eigenvalue weighted by Crippen LogP contribution is -2.43. The molecule has 0 spiro atoms. The third-order valence-electron chi connectivity index (χ3n) is 5.44. The summed E-state index contributed by atoms with van der Waals surface area (Å²) in [7, 11) is 0. The number of nitrogens with zero attached hydrogens (tertiary/aromatic N) is 1. The Bertz CT molecular complexity index is 699. The first kappa shape index (κ1) is 18.8. The Morgan fingerprint density at radius 2 is 1.46 bits per heavy atom. The highest BCUT2D eigenvalue weighted by Crippen LogP contribution is 2.37. The normalized spacial score (nSPS) is 27.5. The standard InChI is InChI=1S/C23H29NO2/c1-5-16(2)22-17(3)25-23(26-18(22)4)21-10-8-19(9-11-21)6-7-20-12-14-24-15-13-20/h6-18,22-23H,5H2,1-4H3/b7-6+. The molecule has 0 amide bonds. The molecule has 0 bridgehead atoms. The van der Waals surface area contributed by atoms with Gasteiger partial charge in [0, 0.05) is 23.9 Å². The number of pyridine rings is 1. The van der Waals surface area contributed by atoms with E-state index in [9.17, 15) is 0 Å². The molecule has 0 radical (unpaired) electrons. The fourth-order valence-corrected chi connectivity index (χ4v) is 3.77. The summed E-state index contributed by atoms with van der Waals surface area (Å²) in [4.78, 5) is 4.04. The van der Waals surface area contributed by atoms with Gasteiger partial charge < -0.3 is 9.47 Å². The SMILES string of the molecule is CCC(C)C1C(C)OC(c2ccc(/C=C/c3ccncc3)cc2)OC1C. The number of ether oxygens (including phenoxy) is 2. The zero-order valence-electron chi connectivity index (χ0n) is 16.1. The van der Waals surface area contributed by atoms with Crippen molar-refractivity contribution in [3.8, 4) is 0 Å². The molecular weight excluding hydrogens is 322 g/mol. The van der Waals surface area contributed by atoms with E-state index in [-0.39, 0.29) is 18.5 Å². The van der Waals surface area contributed by atoms with Crippen molar-refractivity contribution in [2.45, 2.75) is 52.6 Å². The van der Waals surface area contributed by atoms with Crippen molar-refractivity contribution in [2.24, 2.45) is 11.8 Å². The molecular formula is C23H29NO2. The van der Waals surface area contributed by atoms with E-state index in [1.807, 2.05) is 12.1 Å². The highest BCUT2D eigenvalue weighted by Gasteiger charge is 2.37. The van der Waals surface area contributed by atoms with E-state index in [4.69, 9.17) is 9.47 Å². The van der Waals surface area contributed by atoms with Crippen molar-refractivity contribution in [1.29, 1.82) is 0 Å². The molecule has 3 unspecified atom stereocenters. The summed E-state index contributed by atoms with van der Waals surface area (Å²) < 4.78 is 12.4. The molecule has 1 aromatic heterocycles. The minimum atomic E-state index is -0.279. The summed E-state index contributed by atoms with van der Waals surface area (Å²) >= 11 is 0. The third kappa shape index (κ3) is 4.40. The van der Waals surface area contributed by atoms with Crippen LogP contribution in [0.5, 0.6) is 0 Å². The Hall–Kier alpha value is -1.97. The van der Waals surface area contributed by atoms with Gasteiger partial charge in [-0.25, -0.2) is 0 Å². The van der Waals surface area contributed by atoms with E-state index in [0.717, 1.165) is 23.1 Å². The van der Waals surface area contributed by atoms with Crippen LogP contribution in [0.3, 0.4) is 0 Å². The molecule has 3 heteroatoms. The first-order valence-corrected chi connectivity index (χ1v) is 9.57. The molecule has 2 heterocycles. The maximum absolute atomic E-state index is 6.20. The highest BCUT2D eigenvalue weighted by molar-refractivity contribution is 5.69. The molecule has 1 aliphatic heterocycles. The minimum Gasteiger partial charge on any atom is -0.345 e. The zero-order valence-corrected chi connectivity index (χ0v) is 16.1. The average molecular weight is 351 g/mol. The van der Waals surface area contributed by atoms with Crippen LogP contribution in [0.2, 0.25) is 0 Å². The molecule has 138 valence electrons. The number of benzene rings is 1. The van der Waals surface area contributed by atoms with Gasteiger partial charge in [-0.3, -0.25) is 4.98 Å². The Labute approximate surface area is 157 Å². The second-order valence-corrected chi connectivity index (χ2v) is 7.26. The van der Waals surface area contributed by atoms with Crippen LogP contribution < -0.4 is 0 Å². The molecule has 1 aromatic carbocycles. The van der Waals surface area contributed by atoms with Gasteiger partial charge in [0.25, 0.3) is 0 Å². The van der Waals surface area contributed by atoms with Crippen molar-refractivity contribution in [3.05, 3.63) is 65.5 Å². The number of hydrogen-bond donors (Lipinski definition) is 0. The summed E-state index contributed by atoms with van der Waals surface area (Å²) in [5, 5.41) is 0. The predicted molar refractivity (Wildman–Crippen MR) is 106 cm³/mol. The maximum atomic E-state index is 6.20. The van der Waals surface area contributed by atoms with E-state index in [1.165, 1.54) is 0 Å². The van der Waals surface area contributed by atoms with Crippen molar-refractivity contribution >= 4 is 12.2 Å². The van der Waals surface area contributed by atoms with Crippen LogP contribution in [0, 0.1) is 11.8 Å². The van der Waals surface area contributed by atoms with E-state index in [0.29, 0.717) is 11.8 Å². The fourth-order valence-electron chi connectivity index (χ4n) is 3.77. The van der Waals surface area contributed by atoms with Crippen molar-refractivity contribution in [3.63, 3.8) is 0 Å². The molecule has 3 rings (SSSR count). The van der Waals surface area contributed by atoms with E-state index < -0.39 is 0 Å². The first-order valence-electron chi connectivity index (χ1n) is 9.57. The van der Waals surface area contributed by atoms with Gasteiger partial charge in [0.05, 0.1) is 12.2 Å². The van der Waals surface area contributed by atoms with Crippen LogP contribution in [0.4, 0.5) is 0 Å². The van der Waals surface area contributed by atoms with Crippen LogP contribution >= 0.6 is 0 Å². The Morgan fingerprint density at radius 1 is 0.923 bits per heavy atom. The van der Waals surface area contributed by atoms with Crippen molar-refractivity contribution < 1.29 is 9.47 Å². The Morgan fingerprint density at radius 3 is 2.00 bits per heavy atom. The number of rotatable bonds is 5. The lowest BCUT2D eigenvalue weighted by molar-refractivity contribution is -0.272. The molecule has 0 saturated carbocycles. The van der Waals surface area contributed by atoms with Crippen LogP contribution in [-0.2, 0) is 9.47 Å². The van der Waals surface area contributed by atoms with Gasteiger partial charge in [0.15, 0.2) is 6.29 Å². The Balaban J connectivity index is 1.66. The van der Waals surface area contributed by atoms with Crippen LogP contribution in [-0.4, -0.2) is 17.2 Å². The quantitative estimate of drug-likeness (QED) is 0.688. The molecule has 26 heavy (non-hydrogen) atoms. The molecule has 3 atom stereocenters. The van der Waals surface area contributed by atoms with E-state index in [2.05, 4.69) is 69.1 Å². The lowest BCUT2D eigenvalue weighted by Gasteiger charge is -2.42. The molecule has 3 nitrogen and oxygen atoms in total. The van der Waals surface area contributed by atoms with E-state index in [1.54, 1.807) is 12.4 Å². The smallest absolute Gasteiger partial charge is 0.184 e. The van der Waals surface area contributed by atoms with Gasteiger partial charge in [-0.2, -0.15) is 0 Å². The van der Waals surface area contributed by atoms with Gasteiger partial charge in [-0.1, -0.05) is 56.7 Å². The van der Waals surface area contributed by atoms with Gasteiger partial charge in [-0.05, 0) is 43.0 Å². The van der Waals surface area contributed by atoms with Gasteiger partial charge in [0.1, 0.15) is 0 Å². The second kappa shape index (κ2) is 8.61. The summed E-state index contributed by atoms with van der Waals surface area (Å²) in [6.07, 6.45) is 9.06. The molecule has 2 aromatic rings. The van der Waals surface area contributed by atoms with Crippen molar-refractivity contribution in [2.75, 3.05) is 0 Å². The van der Waals surface area contributed by atoms with Crippen LogP contribution in [0.15, 0.2) is 48.8 Å². The lowest BCUT2D eigenvalue weighted by atomic mass is 9.83. The summed E-state index contributed by atoms with van der Waals surface area (Å²) in [5.74, 6) is 1.04. The number of aromatic nitrogens is 1. The van der Waals surface area contributed by atoms with Crippen LogP contribution in [0.25, 0.3) is 12.2 Å². The number of hydrogen-bond acceptors (Lipinski definition) is 3. The maximum Gasteiger partial charge on any atom is 0.184 e. The predicted octanol–water partition coefficient (Wildman–Crippen LogP) is 5.74. The third-order valence-corrected chi connectivity index (χ3v) is 5.44. The van der Waals surface area contributed by atoms with Gasteiger partial charge in [0.2, 0.25) is 0 Å². The fraction of sp³-hybridized carbons (Fsp3) is 0.435. The van der Waals surface area contributed by atoms with Crippen molar-refractivity contribution in [1.82, 2.24) is 4.98 Å². The molecule has 0 N–H and O–H groups in total. The average Bonchev–Trinajstić information content (AvgIpc) is 2.67. The Kier molecular flexibility index (Phi) is 6.23. The zero-order chi connectivity index (χ0) is 18.5. The van der Waals surface area contributed by atoms with E-state index >= 15 is 0 Å². The second-order valence-electron chi connectivity index (χ2n) is 7.26.